The van der Waals surface area contributed by atoms with Gasteiger partial charge in [-0.15, -0.1) is 0 Å². The molecule has 0 saturated heterocycles. The summed E-state index contributed by atoms with van der Waals surface area (Å²) in [6.45, 7) is 9.02. The first-order valence-corrected chi connectivity index (χ1v) is 4.59. The Labute approximate surface area is 87.1 Å². The van der Waals surface area contributed by atoms with Crippen molar-refractivity contribution in [1.29, 1.82) is 0 Å². The molecule has 0 N–H and O–H groups in total. The van der Waals surface area contributed by atoms with Crippen molar-refractivity contribution in [2.24, 2.45) is 5.92 Å². The number of carbonyl (C=O) groups excluding carboxylic acids is 1. The lowest BCUT2D eigenvalue weighted by molar-refractivity contribution is -0.143. The van der Waals surface area contributed by atoms with Gasteiger partial charge in [-0.25, -0.2) is 0 Å². The molecule has 0 amide bonds. The van der Waals surface area contributed by atoms with Crippen LogP contribution in [0.15, 0.2) is 35.4 Å². The maximum Gasteiger partial charge on any atom is 0.312 e. The summed E-state index contributed by atoms with van der Waals surface area (Å²) < 4.78 is 5.29. The summed E-state index contributed by atoms with van der Waals surface area (Å²) in [6, 6.07) is 0. The van der Waals surface area contributed by atoms with Crippen molar-refractivity contribution in [3.63, 3.8) is 0 Å². The SMILES string of the molecule is C=C/C=C(\C(=C)Br)C(C)C(=O)OC. The van der Waals surface area contributed by atoms with Gasteiger partial charge >= 0.3 is 5.97 Å². The third kappa shape index (κ3) is 3.59. The molecule has 13 heavy (non-hydrogen) atoms. The molecule has 0 aromatic carbocycles. The maximum absolute atomic E-state index is 11.2. The highest BCUT2D eigenvalue weighted by atomic mass is 79.9. The fraction of sp³-hybridized carbons (Fsp3) is 0.300. The number of hydrogen-bond acceptors (Lipinski definition) is 2. The van der Waals surface area contributed by atoms with E-state index in [0.717, 1.165) is 5.57 Å². The maximum atomic E-state index is 11.2. The van der Waals surface area contributed by atoms with Gasteiger partial charge in [0.25, 0.3) is 0 Å². The van der Waals surface area contributed by atoms with Gasteiger partial charge in [0.2, 0.25) is 0 Å². The van der Waals surface area contributed by atoms with Crippen molar-refractivity contribution in [3.8, 4) is 0 Å². The van der Waals surface area contributed by atoms with Crippen molar-refractivity contribution < 1.29 is 9.53 Å². The van der Waals surface area contributed by atoms with Crippen LogP contribution in [0.3, 0.4) is 0 Å². The van der Waals surface area contributed by atoms with E-state index in [1.54, 1.807) is 19.1 Å². The van der Waals surface area contributed by atoms with Crippen molar-refractivity contribution >= 4 is 21.9 Å². The molecule has 0 spiro atoms. The molecule has 0 heterocycles. The highest BCUT2D eigenvalue weighted by Gasteiger charge is 2.18. The Morgan fingerprint density at radius 1 is 1.62 bits per heavy atom. The van der Waals surface area contributed by atoms with Crippen LogP contribution in [0.4, 0.5) is 0 Å². The molecule has 0 saturated carbocycles. The van der Waals surface area contributed by atoms with Gasteiger partial charge in [-0.05, 0) is 12.5 Å². The number of ether oxygens (including phenoxy) is 1. The van der Waals surface area contributed by atoms with Crippen LogP contribution < -0.4 is 0 Å². The molecular formula is C10H13BrO2. The van der Waals surface area contributed by atoms with E-state index < -0.39 is 0 Å². The number of carbonyl (C=O) groups is 1. The Morgan fingerprint density at radius 2 is 2.15 bits per heavy atom. The second kappa shape index (κ2) is 5.75. The van der Waals surface area contributed by atoms with Gasteiger partial charge < -0.3 is 4.74 Å². The largest absolute Gasteiger partial charge is 0.469 e. The van der Waals surface area contributed by atoms with Crippen LogP contribution in [-0.4, -0.2) is 13.1 Å². The molecule has 1 atom stereocenters. The van der Waals surface area contributed by atoms with Crippen molar-refractivity contribution in [2.75, 3.05) is 7.11 Å². The molecule has 2 nitrogen and oxygen atoms in total. The van der Waals surface area contributed by atoms with Gasteiger partial charge in [-0.2, -0.15) is 0 Å². The van der Waals surface area contributed by atoms with Gasteiger partial charge in [-0.3, -0.25) is 4.79 Å². The van der Waals surface area contributed by atoms with Crippen LogP contribution in [0.25, 0.3) is 0 Å². The lowest BCUT2D eigenvalue weighted by atomic mass is 10.0. The van der Waals surface area contributed by atoms with Crippen LogP contribution in [0.1, 0.15) is 6.92 Å². The first kappa shape index (κ1) is 12.2. The molecule has 1 unspecified atom stereocenters. The van der Waals surface area contributed by atoms with E-state index in [9.17, 15) is 4.79 Å². The molecule has 0 bridgehead atoms. The standard InChI is InChI=1S/C10H13BrO2/c1-5-6-9(8(3)11)7(2)10(12)13-4/h5-7H,1,3H2,2,4H3/b9-6-. The lowest BCUT2D eigenvalue weighted by Gasteiger charge is -2.11. The Hall–Kier alpha value is -0.830. The predicted octanol–water partition coefficient (Wildman–Crippen LogP) is 2.82. The van der Waals surface area contributed by atoms with E-state index in [-0.39, 0.29) is 11.9 Å². The van der Waals surface area contributed by atoms with Crippen molar-refractivity contribution in [1.82, 2.24) is 0 Å². The predicted molar refractivity (Wildman–Crippen MR) is 57.5 cm³/mol. The minimum atomic E-state index is -0.324. The van der Waals surface area contributed by atoms with Crippen LogP contribution in [0, 0.1) is 5.92 Å². The summed E-state index contributed by atoms with van der Waals surface area (Å²) in [5.74, 6) is -0.608. The topological polar surface area (TPSA) is 26.3 Å². The number of allylic oxidation sites excluding steroid dienone is 3. The molecule has 0 aliphatic rings. The molecule has 3 heteroatoms. The molecule has 0 rings (SSSR count). The average molecular weight is 245 g/mol. The van der Waals surface area contributed by atoms with Gasteiger partial charge in [0.1, 0.15) is 0 Å². The molecule has 0 fully saturated rings. The number of halogens is 1. The zero-order valence-electron chi connectivity index (χ0n) is 7.84. The van der Waals surface area contributed by atoms with E-state index in [1.165, 1.54) is 7.11 Å². The summed E-state index contributed by atoms with van der Waals surface area (Å²) in [5.41, 5.74) is 0.779. The quantitative estimate of drug-likeness (QED) is 0.562. The monoisotopic (exact) mass is 244 g/mol. The third-order valence-corrected chi connectivity index (χ3v) is 2.09. The van der Waals surface area contributed by atoms with Crippen LogP contribution in [0.5, 0.6) is 0 Å². The first-order chi connectivity index (χ1) is 6.04. The number of esters is 1. The Morgan fingerprint density at radius 3 is 2.46 bits per heavy atom. The van der Waals surface area contributed by atoms with E-state index in [0.29, 0.717) is 4.48 Å². The van der Waals surface area contributed by atoms with Crippen LogP contribution >= 0.6 is 15.9 Å². The third-order valence-electron chi connectivity index (χ3n) is 1.63. The number of rotatable bonds is 4. The van der Waals surface area contributed by atoms with Gasteiger partial charge in [-0.1, -0.05) is 41.2 Å². The summed E-state index contributed by atoms with van der Waals surface area (Å²) >= 11 is 3.22. The fourth-order valence-corrected chi connectivity index (χ4v) is 1.38. The first-order valence-electron chi connectivity index (χ1n) is 3.79. The summed E-state index contributed by atoms with van der Waals surface area (Å²) in [7, 11) is 1.36. The average Bonchev–Trinajstić information content (AvgIpc) is 2.11. The molecule has 0 aromatic heterocycles. The number of methoxy groups -OCH3 is 1. The van der Waals surface area contributed by atoms with E-state index >= 15 is 0 Å². The van der Waals surface area contributed by atoms with Gasteiger partial charge in [0.15, 0.2) is 0 Å². The summed E-state index contributed by atoms with van der Waals surface area (Å²) in [4.78, 5) is 11.2. The molecule has 72 valence electrons. The number of hydrogen-bond donors (Lipinski definition) is 0. The second-order valence-corrected chi connectivity index (χ2v) is 3.46. The Kier molecular flexibility index (Phi) is 5.39. The van der Waals surface area contributed by atoms with Gasteiger partial charge in [0.05, 0.1) is 13.0 Å². The van der Waals surface area contributed by atoms with Gasteiger partial charge in [0, 0.05) is 4.48 Å². The van der Waals surface area contributed by atoms with E-state index in [4.69, 9.17) is 0 Å². The van der Waals surface area contributed by atoms with Crippen LogP contribution in [0.2, 0.25) is 0 Å². The lowest BCUT2D eigenvalue weighted by Crippen LogP contribution is -2.15. The molecule has 0 aliphatic heterocycles. The Balaban J connectivity index is 4.76. The smallest absolute Gasteiger partial charge is 0.312 e. The van der Waals surface area contributed by atoms with Crippen LogP contribution in [-0.2, 0) is 9.53 Å². The molecular weight excluding hydrogens is 232 g/mol. The minimum Gasteiger partial charge on any atom is -0.469 e. The summed E-state index contributed by atoms with van der Waals surface area (Å²) in [6.07, 6.45) is 3.35. The molecule has 0 aliphatic carbocycles. The highest BCUT2D eigenvalue weighted by Crippen LogP contribution is 2.23. The van der Waals surface area contributed by atoms with Crippen molar-refractivity contribution in [3.05, 3.63) is 35.4 Å². The molecule has 0 radical (unpaired) electrons. The van der Waals surface area contributed by atoms with Crippen molar-refractivity contribution in [2.45, 2.75) is 6.92 Å². The van der Waals surface area contributed by atoms with E-state index in [2.05, 4.69) is 33.8 Å². The van der Waals surface area contributed by atoms with E-state index in [1.807, 2.05) is 0 Å². The second-order valence-electron chi connectivity index (χ2n) is 2.51. The normalized spacial score (nSPS) is 13.3. The fourth-order valence-electron chi connectivity index (χ4n) is 0.900. The summed E-state index contributed by atoms with van der Waals surface area (Å²) in [5, 5.41) is 0. The highest BCUT2D eigenvalue weighted by molar-refractivity contribution is 9.11. The molecule has 0 aromatic rings. The minimum absolute atomic E-state index is 0.284. The zero-order valence-corrected chi connectivity index (χ0v) is 9.43. The zero-order chi connectivity index (χ0) is 10.4. The Bertz CT molecular complexity index is 254.